The third-order valence-corrected chi connectivity index (χ3v) is 2.94. The zero-order chi connectivity index (χ0) is 12.2. The first-order valence-electron chi connectivity index (χ1n) is 4.33. The van der Waals surface area contributed by atoms with Gasteiger partial charge in [0.25, 0.3) is 10.1 Å². The summed E-state index contributed by atoms with van der Waals surface area (Å²) in [6, 6.07) is 11.8. The van der Waals surface area contributed by atoms with E-state index in [0.717, 1.165) is 5.39 Å². The minimum absolute atomic E-state index is 0. The average molecular weight is 280 g/mol. The predicted octanol–water partition coefficient (Wildman–Crippen LogP) is 0.985. The van der Waals surface area contributed by atoms with E-state index >= 15 is 0 Å². The van der Waals surface area contributed by atoms with Gasteiger partial charge in [-0.1, -0.05) is 36.4 Å². The van der Waals surface area contributed by atoms with E-state index in [4.69, 9.17) is 9.35 Å². The summed E-state index contributed by atoms with van der Waals surface area (Å²) in [6.45, 7) is 2.00. The second-order valence-corrected chi connectivity index (χ2v) is 4.34. The van der Waals surface area contributed by atoms with Crippen molar-refractivity contribution in [1.82, 2.24) is 0 Å². The maximum absolute atomic E-state index is 11.0. The summed E-state index contributed by atoms with van der Waals surface area (Å²) in [7, 11) is -4.13. The van der Waals surface area contributed by atoms with E-state index in [2.05, 4.69) is 0 Å². The average Bonchev–Trinajstić information content (AvgIpc) is 2.30. The molecule has 17 heavy (non-hydrogen) atoms. The first kappa shape index (κ1) is 16.5. The van der Waals surface area contributed by atoms with Crippen molar-refractivity contribution in [2.24, 2.45) is 0 Å². The molecule has 0 saturated heterocycles. The molecule has 0 aliphatic heterocycles. The molecular weight excluding hydrogens is 268 g/mol. The molecule has 0 unspecified atom stereocenters. The van der Waals surface area contributed by atoms with E-state index in [1.165, 1.54) is 6.07 Å². The molecule has 2 aromatic carbocycles. The molecule has 0 saturated carbocycles. The Hall–Kier alpha value is -0.460. The molecule has 2 aromatic rings. The second-order valence-electron chi connectivity index (χ2n) is 2.95. The standard InChI is InChI=1S/C10H8O3S.CH2O.Ca.2H/c11-14(12,13)10-7-3-5-8-4-1-2-6-9(8)10;1-2;;;/h1-7H,(H,11,12,13);1H2;;;. The Morgan fingerprint density at radius 1 is 0.941 bits per heavy atom. The van der Waals surface area contributed by atoms with Crippen molar-refractivity contribution in [3.8, 4) is 0 Å². The van der Waals surface area contributed by atoms with Gasteiger partial charge in [-0.3, -0.25) is 4.55 Å². The van der Waals surface area contributed by atoms with Crippen molar-refractivity contribution in [1.29, 1.82) is 0 Å². The molecule has 88 valence electrons. The topological polar surface area (TPSA) is 71.4 Å². The molecule has 0 fully saturated rings. The molecule has 0 bridgehead atoms. The van der Waals surface area contributed by atoms with Gasteiger partial charge < -0.3 is 4.79 Å². The number of fused-ring (bicyclic) bond motifs is 1. The summed E-state index contributed by atoms with van der Waals surface area (Å²) >= 11 is 0. The van der Waals surface area contributed by atoms with E-state index in [1.54, 1.807) is 30.3 Å². The van der Waals surface area contributed by atoms with E-state index in [9.17, 15) is 8.42 Å². The van der Waals surface area contributed by atoms with Gasteiger partial charge in [0.2, 0.25) is 0 Å². The Kier molecular flexibility index (Phi) is 6.89. The number of hydrogen-bond donors (Lipinski definition) is 1. The van der Waals surface area contributed by atoms with Crippen LogP contribution in [0.5, 0.6) is 0 Å². The summed E-state index contributed by atoms with van der Waals surface area (Å²) in [4.78, 5) is 7.95. The van der Waals surface area contributed by atoms with Gasteiger partial charge in [-0.25, -0.2) is 0 Å². The van der Waals surface area contributed by atoms with Crippen LogP contribution in [0.1, 0.15) is 0 Å². The SMILES string of the molecule is C=O.O=S(=O)(O)c1cccc2ccccc12.[CaH2]. The van der Waals surface area contributed by atoms with Gasteiger partial charge >= 0.3 is 37.7 Å². The fourth-order valence-electron chi connectivity index (χ4n) is 1.42. The van der Waals surface area contributed by atoms with Crippen LogP contribution in [0.4, 0.5) is 0 Å². The van der Waals surface area contributed by atoms with Crippen molar-refractivity contribution in [2.45, 2.75) is 4.90 Å². The van der Waals surface area contributed by atoms with Gasteiger partial charge in [-0.05, 0) is 11.5 Å². The first-order chi connectivity index (χ1) is 7.59. The molecule has 0 atom stereocenters. The van der Waals surface area contributed by atoms with E-state index in [1.807, 2.05) is 12.9 Å². The van der Waals surface area contributed by atoms with Crippen LogP contribution >= 0.6 is 0 Å². The van der Waals surface area contributed by atoms with Crippen LogP contribution in [0.25, 0.3) is 10.8 Å². The van der Waals surface area contributed by atoms with Crippen LogP contribution in [-0.4, -0.2) is 57.5 Å². The van der Waals surface area contributed by atoms with Gasteiger partial charge in [0.05, 0.1) is 0 Å². The number of carbonyl (C=O) groups is 1. The van der Waals surface area contributed by atoms with Crippen molar-refractivity contribution in [2.75, 3.05) is 0 Å². The van der Waals surface area contributed by atoms with Gasteiger partial charge in [0.1, 0.15) is 11.7 Å². The van der Waals surface area contributed by atoms with E-state index in [-0.39, 0.29) is 42.6 Å². The zero-order valence-electron chi connectivity index (χ0n) is 8.33. The van der Waals surface area contributed by atoms with Crippen LogP contribution in [0.15, 0.2) is 47.4 Å². The maximum atomic E-state index is 11.0. The van der Waals surface area contributed by atoms with Crippen LogP contribution in [0.2, 0.25) is 0 Å². The monoisotopic (exact) mass is 280 g/mol. The molecule has 0 spiro atoms. The predicted molar refractivity (Wildman–Crippen MR) is 69.4 cm³/mol. The molecule has 0 amide bonds. The van der Waals surface area contributed by atoms with Gasteiger partial charge in [0, 0.05) is 5.39 Å². The fraction of sp³-hybridized carbons (Fsp3) is 0. The molecule has 6 heteroatoms. The van der Waals surface area contributed by atoms with Crippen molar-refractivity contribution < 1.29 is 17.8 Å². The Balaban J connectivity index is 0.000000811. The van der Waals surface area contributed by atoms with Crippen LogP contribution < -0.4 is 0 Å². The van der Waals surface area contributed by atoms with Gasteiger partial charge in [0.15, 0.2) is 0 Å². The third-order valence-electron chi connectivity index (χ3n) is 2.03. The molecule has 0 radical (unpaired) electrons. The molecule has 0 heterocycles. The number of benzene rings is 2. The molecule has 4 nitrogen and oxygen atoms in total. The van der Waals surface area contributed by atoms with Crippen molar-refractivity contribution in [3.05, 3.63) is 42.5 Å². The van der Waals surface area contributed by atoms with E-state index in [0.29, 0.717) is 5.39 Å². The molecule has 0 aromatic heterocycles. The number of rotatable bonds is 1. The summed E-state index contributed by atoms with van der Waals surface area (Å²) in [5.74, 6) is 0. The van der Waals surface area contributed by atoms with Gasteiger partial charge in [-0.2, -0.15) is 8.42 Å². The molecule has 0 aliphatic rings. The summed E-state index contributed by atoms with van der Waals surface area (Å²) in [5.41, 5.74) is 0. The molecule has 1 N–H and O–H groups in total. The number of hydrogen-bond acceptors (Lipinski definition) is 3. The van der Waals surface area contributed by atoms with Crippen LogP contribution in [0, 0.1) is 0 Å². The Labute approximate surface area is 129 Å². The Morgan fingerprint density at radius 2 is 1.47 bits per heavy atom. The van der Waals surface area contributed by atoms with Crippen LogP contribution in [0.3, 0.4) is 0 Å². The summed E-state index contributed by atoms with van der Waals surface area (Å²) in [5, 5.41) is 1.33. The molecule has 0 aliphatic carbocycles. The van der Waals surface area contributed by atoms with Crippen LogP contribution in [-0.2, 0) is 14.9 Å². The fourth-order valence-corrected chi connectivity index (χ4v) is 2.13. The first-order valence-corrected chi connectivity index (χ1v) is 5.77. The number of carbonyl (C=O) groups excluding carboxylic acids is 1. The quantitative estimate of drug-likeness (QED) is 0.624. The van der Waals surface area contributed by atoms with E-state index < -0.39 is 10.1 Å². The third kappa shape index (κ3) is 4.04. The van der Waals surface area contributed by atoms with Crippen molar-refractivity contribution in [3.63, 3.8) is 0 Å². The Bertz CT molecular complexity index is 590. The summed E-state index contributed by atoms with van der Waals surface area (Å²) in [6.07, 6.45) is 0. The normalized spacial score (nSPS) is 9.94. The zero-order valence-corrected chi connectivity index (χ0v) is 9.15. The van der Waals surface area contributed by atoms with Crippen molar-refractivity contribution >= 4 is 65.4 Å². The molecular formula is C11H12CaO4S. The minimum atomic E-state index is -4.13. The Morgan fingerprint density at radius 3 is 2.06 bits per heavy atom. The molecule has 2 rings (SSSR count). The second kappa shape index (κ2) is 7.08. The van der Waals surface area contributed by atoms with Gasteiger partial charge in [-0.15, -0.1) is 0 Å². The summed E-state index contributed by atoms with van der Waals surface area (Å²) < 4.78 is 31.0.